The summed E-state index contributed by atoms with van der Waals surface area (Å²) in [6.07, 6.45) is 5.33. The molecule has 1 saturated carbocycles. The number of nitrogens with zero attached hydrogens (tertiary/aromatic N) is 3. The number of amides is 1. The van der Waals surface area contributed by atoms with Gasteiger partial charge in [0.1, 0.15) is 23.2 Å². The summed E-state index contributed by atoms with van der Waals surface area (Å²) in [4.78, 5) is 22.7. The van der Waals surface area contributed by atoms with E-state index in [1.165, 1.54) is 6.20 Å². The minimum Gasteiger partial charge on any atom is -0.330 e. The molecule has 1 aromatic heterocycles. The van der Waals surface area contributed by atoms with Gasteiger partial charge in [0.05, 0.1) is 0 Å². The molecule has 0 unspecified atom stereocenters. The van der Waals surface area contributed by atoms with Gasteiger partial charge in [-0.25, -0.2) is 18.7 Å². The molecule has 126 valence electrons. The third-order valence-corrected chi connectivity index (χ3v) is 4.37. The van der Waals surface area contributed by atoms with Crippen molar-refractivity contribution < 1.29 is 13.6 Å². The first kappa shape index (κ1) is 16.5. The first-order chi connectivity index (χ1) is 11.5. The predicted octanol–water partition coefficient (Wildman–Crippen LogP) is 3.65. The summed E-state index contributed by atoms with van der Waals surface area (Å²) in [7, 11) is 0. The van der Waals surface area contributed by atoms with Crippen LogP contribution < -0.4 is 0 Å². The van der Waals surface area contributed by atoms with E-state index < -0.39 is 11.6 Å². The molecule has 4 nitrogen and oxygen atoms in total. The molecule has 0 saturated heterocycles. The van der Waals surface area contributed by atoms with Crippen LogP contribution in [0.3, 0.4) is 0 Å². The fraction of sp³-hybridized carbons (Fsp3) is 0.389. The number of benzene rings is 1. The standard InChI is InChI=1S/C18H19F2N3O/c1-12-21-9-8-17(22-12)18(24)23(15-4-2-3-5-15)11-13-10-14(19)6-7-16(13)20/h6-10,15H,2-5,11H2,1H3. The van der Waals surface area contributed by atoms with Gasteiger partial charge < -0.3 is 4.90 Å². The monoisotopic (exact) mass is 331 g/mol. The zero-order valence-corrected chi connectivity index (χ0v) is 13.5. The van der Waals surface area contributed by atoms with Crippen molar-refractivity contribution in [2.24, 2.45) is 0 Å². The molecule has 0 N–H and O–H groups in total. The molecule has 0 spiro atoms. The van der Waals surface area contributed by atoms with Gasteiger partial charge in [-0.15, -0.1) is 0 Å². The van der Waals surface area contributed by atoms with E-state index in [0.717, 1.165) is 43.9 Å². The van der Waals surface area contributed by atoms with Crippen molar-refractivity contribution in [3.05, 3.63) is 59.2 Å². The molecule has 0 aliphatic heterocycles. The second-order valence-corrected chi connectivity index (χ2v) is 6.10. The molecular formula is C18H19F2N3O. The van der Waals surface area contributed by atoms with Crippen LogP contribution in [0.2, 0.25) is 0 Å². The Morgan fingerprint density at radius 2 is 2.00 bits per heavy atom. The topological polar surface area (TPSA) is 46.1 Å². The molecular weight excluding hydrogens is 312 g/mol. The Kier molecular flexibility index (Phi) is 4.83. The van der Waals surface area contributed by atoms with E-state index >= 15 is 0 Å². The molecule has 1 heterocycles. The van der Waals surface area contributed by atoms with Crippen molar-refractivity contribution in [1.82, 2.24) is 14.9 Å². The number of hydrogen-bond donors (Lipinski definition) is 0. The molecule has 3 rings (SSSR count). The highest BCUT2D eigenvalue weighted by molar-refractivity contribution is 5.92. The predicted molar refractivity (Wildman–Crippen MR) is 85.3 cm³/mol. The second-order valence-electron chi connectivity index (χ2n) is 6.10. The summed E-state index contributed by atoms with van der Waals surface area (Å²) in [5.41, 5.74) is 0.465. The molecule has 1 aliphatic rings. The fourth-order valence-corrected chi connectivity index (χ4v) is 3.15. The van der Waals surface area contributed by atoms with Crippen molar-refractivity contribution in [1.29, 1.82) is 0 Å². The lowest BCUT2D eigenvalue weighted by molar-refractivity contribution is 0.0655. The molecule has 24 heavy (non-hydrogen) atoms. The second kappa shape index (κ2) is 7.03. The van der Waals surface area contributed by atoms with E-state index in [9.17, 15) is 13.6 Å². The zero-order valence-electron chi connectivity index (χ0n) is 13.5. The normalized spacial score (nSPS) is 14.8. The highest BCUT2D eigenvalue weighted by atomic mass is 19.1. The molecule has 0 radical (unpaired) electrons. The van der Waals surface area contributed by atoms with E-state index in [1.807, 2.05) is 0 Å². The Morgan fingerprint density at radius 1 is 1.25 bits per heavy atom. The maximum absolute atomic E-state index is 14.0. The average molecular weight is 331 g/mol. The lowest BCUT2D eigenvalue weighted by Crippen LogP contribution is -2.39. The molecule has 1 amide bonds. The van der Waals surface area contributed by atoms with E-state index in [1.54, 1.807) is 17.9 Å². The lowest BCUT2D eigenvalue weighted by Gasteiger charge is -2.29. The van der Waals surface area contributed by atoms with E-state index in [4.69, 9.17) is 0 Å². The van der Waals surface area contributed by atoms with Crippen molar-refractivity contribution in [2.45, 2.75) is 45.2 Å². The van der Waals surface area contributed by atoms with Crippen molar-refractivity contribution in [3.8, 4) is 0 Å². The molecule has 1 aliphatic carbocycles. The van der Waals surface area contributed by atoms with Crippen LogP contribution in [0.1, 0.15) is 47.6 Å². The summed E-state index contributed by atoms with van der Waals surface area (Å²) in [6.45, 7) is 1.75. The van der Waals surface area contributed by atoms with Crippen LogP contribution in [0.25, 0.3) is 0 Å². The number of aromatic nitrogens is 2. The Bertz CT molecular complexity index is 745. The van der Waals surface area contributed by atoms with Gasteiger partial charge in [-0.2, -0.15) is 0 Å². The number of halogens is 2. The molecule has 6 heteroatoms. The summed E-state index contributed by atoms with van der Waals surface area (Å²) in [5, 5.41) is 0. The number of carbonyl (C=O) groups excluding carboxylic acids is 1. The van der Waals surface area contributed by atoms with Gasteiger partial charge in [-0.3, -0.25) is 4.79 Å². The van der Waals surface area contributed by atoms with Gasteiger partial charge in [-0.05, 0) is 44.0 Å². The maximum Gasteiger partial charge on any atom is 0.273 e. The summed E-state index contributed by atoms with van der Waals surface area (Å²) in [6, 6.07) is 4.90. The quantitative estimate of drug-likeness (QED) is 0.859. The summed E-state index contributed by atoms with van der Waals surface area (Å²) < 4.78 is 27.5. The molecule has 0 bridgehead atoms. The molecule has 2 aromatic rings. The Morgan fingerprint density at radius 3 is 2.71 bits per heavy atom. The van der Waals surface area contributed by atoms with Crippen LogP contribution in [-0.2, 0) is 6.54 Å². The largest absolute Gasteiger partial charge is 0.330 e. The van der Waals surface area contributed by atoms with E-state index in [-0.39, 0.29) is 29.8 Å². The fourth-order valence-electron chi connectivity index (χ4n) is 3.15. The Labute approximate surface area is 139 Å². The molecule has 1 aromatic carbocycles. The number of hydrogen-bond acceptors (Lipinski definition) is 3. The van der Waals surface area contributed by atoms with Crippen LogP contribution in [0, 0.1) is 18.6 Å². The van der Waals surface area contributed by atoms with Gasteiger partial charge in [0.2, 0.25) is 0 Å². The number of rotatable bonds is 4. The van der Waals surface area contributed by atoms with Crippen LogP contribution in [0.4, 0.5) is 8.78 Å². The van der Waals surface area contributed by atoms with E-state index in [2.05, 4.69) is 9.97 Å². The first-order valence-electron chi connectivity index (χ1n) is 8.09. The van der Waals surface area contributed by atoms with Crippen LogP contribution in [-0.4, -0.2) is 26.8 Å². The van der Waals surface area contributed by atoms with Crippen LogP contribution in [0.15, 0.2) is 30.5 Å². The number of carbonyl (C=O) groups is 1. The zero-order chi connectivity index (χ0) is 17.1. The van der Waals surface area contributed by atoms with Crippen molar-refractivity contribution in [2.75, 3.05) is 0 Å². The first-order valence-corrected chi connectivity index (χ1v) is 8.09. The maximum atomic E-state index is 14.0. The minimum absolute atomic E-state index is 0.0236. The third-order valence-electron chi connectivity index (χ3n) is 4.37. The van der Waals surface area contributed by atoms with Gasteiger partial charge in [0, 0.05) is 24.3 Å². The van der Waals surface area contributed by atoms with Crippen LogP contribution >= 0.6 is 0 Å². The summed E-state index contributed by atoms with van der Waals surface area (Å²) >= 11 is 0. The van der Waals surface area contributed by atoms with Crippen molar-refractivity contribution in [3.63, 3.8) is 0 Å². The smallest absolute Gasteiger partial charge is 0.273 e. The SMILES string of the molecule is Cc1nccc(C(=O)N(Cc2cc(F)ccc2F)C2CCCC2)n1. The third kappa shape index (κ3) is 3.58. The molecule has 1 fully saturated rings. The van der Waals surface area contributed by atoms with Gasteiger partial charge in [0.25, 0.3) is 5.91 Å². The lowest BCUT2D eigenvalue weighted by atomic mass is 10.1. The van der Waals surface area contributed by atoms with Crippen LogP contribution in [0.5, 0.6) is 0 Å². The average Bonchev–Trinajstić information content (AvgIpc) is 3.09. The highest BCUT2D eigenvalue weighted by Gasteiger charge is 2.29. The minimum atomic E-state index is -0.511. The van der Waals surface area contributed by atoms with Gasteiger partial charge in [0.15, 0.2) is 0 Å². The molecule has 0 atom stereocenters. The van der Waals surface area contributed by atoms with E-state index in [0.29, 0.717) is 5.82 Å². The Hall–Kier alpha value is -2.37. The Balaban J connectivity index is 1.91. The van der Waals surface area contributed by atoms with Gasteiger partial charge >= 0.3 is 0 Å². The highest BCUT2D eigenvalue weighted by Crippen LogP contribution is 2.27. The number of aryl methyl sites for hydroxylation is 1. The van der Waals surface area contributed by atoms with Gasteiger partial charge in [-0.1, -0.05) is 12.8 Å². The summed E-state index contributed by atoms with van der Waals surface area (Å²) in [5.74, 6) is -0.783. The van der Waals surface area contributed by atoms with Crippen molar-refractivity contribution >= 4 is 5.91 Å².